The van der Waals surface area contributed by atoms with Gasteiger partial charge in [0.2, 0.25) is 0 Å². The molecule has 1 aliphatic heterocycles. The van der Waals surface area contributed by atoms with Gasteiger partial charge in [-0.05, 0) is 26.3 Å². The summed E-state index contributed by atoms with van der Waals surface area (Å²) < 4.78 is 5.27. The number of carboxylic acid groups (broad SMARTS) is 1. The second-order valence-electron chi connectivity index (χ2n) is 5.94. The maximum atomic E-state index is 11.6. The van der Waals surface area contributed by atoms with Crippen LogP contribution in [0.2, 0.25) is 0 Å². The van der Waals surface area contributed by atoms with Crippen LogP contribution in [0.5, 0.6) is 5.75 Å². The molecule has 1 fully saturated rings. The number of nitrogens with zero attached hydrogens (tertiary/aromatic N) is 2. The van der Waals surface area contributed by atoms with E-state index in [1.165, 1.54) is 0 Å². The molecule has 5 nitrogen and oxygen atoms in total. The Labute approximate surface area is 125 Å². The first-order chi connectivity index (χ1) is 9.99. The number of likely N-dealkylation sites (tertiary alicyclic amines) is 1. The molecule has 1 aromatic rings. The molecule has 0 bridgehead atoms. The van der Waals surface area contributed by atoms with Gasteiger partial charge in [0.25, 0.3) is 0 Å². The van der Waals surface area contributed by atoms with Crippen molar-refractivity contribution in [3.63, 3.8) is 0 Å². The van der Waals surface area contributed by atoms with Crippen LogP contribution in [-0.2, 0) is 11.3 Å². The van der Waals surface area contributed by atoms with Crippen LogP contribution in [0.15, 0.2) is 12.1 Å². The van der Waals surface area contributed by atoms with Gasteiger partial charge in [0, 0.05) is 30.9 Å². The van der Waals surface area contributed by atoms with Crippen molar-refractivity contribution in [2.24, 2.45) is 5.41 Å². The van der Waals surface area contributed by atoms with Crippen LogP contribution in [-0.4, -0.2) is 41.2 Å². The number of pyridine rings is 1. The number of rotatable bonds is 6. The van der Waals surface area contributed by atoms with Crippen LogP contribution in [0.3, 0.4) is 0 Å². The van der Waals surface area contributed by atoms with E-state index in [-0.39, 0.29) is 0 Å². The van der Waals surface area contributed by atoms with E-state index in [2.05, 4.69) is 9.88 Å². The fraction of sp³-hybridized carbons (Fsp3) is 0.625. The number of aryl methyl sites for hydroxylation is 1. The monoisotopic (exact) mass is 292 g/mol. The summed E-state index contributed by atoms with van der Waals surface area (Å²) in [5, 5.41) is 9.54. The minimum absolute atomic E-state index is 0.581. The maximum absolute atomic E-state index is 11.6. The standard InChI is InChI=1S/C16H24N2O3/c1-4-5-16(15(19)20)6-7-18(11-16)10-13-9-14(21-3)8-12(2)17-13/h8-9H,4-7,10-11H2,1-3H3,(H,19,20). The van der Waals surface area contributed by atoms with Crippen LogP contribution in [0.25, 0.3) is 0 Å². The molecule has 2 rings (SSSR count). The number of carboxylic acids is 1. The molecule has 5 heteroatoms. The van der Waals surface area contributed by atoms with E-state index in [1.54, 1.807) is 7.11 Å². The van der Waals surface area contributed by atoms with Gasteiger partial charge in [-0.2, -0.15) is 0 Å². The molecule has 0 aliphatic carbocycles. The number of hydrogen-bond acceptors (Lipinski definition) is 4. The Hall–Kier alpha value is -1.62. The predicted octanol–water partition coefficient (Wildman–Crippen LogP) is 2.48. The van der Waals surface area contributed by atoms with Gasteiger partial charge >= 0.3 is 5.97 Å². The van der Waals surface area contributed by atoms with Crippen molar-refractivity contribution in [1.29, 1.82) is 0 Å². The summed E-state index contributed by atoms with van der Waals surface area (Å²) in [6.45, 7) is 6.07. The van der Waals surface area contributed by atoms with E-state index in [0.29, 0.717) is 13.1 Å². The SMILES string of the molecule is CCCC1(C(=O)O)CCN(Cc2cc(OC)cc(C)n2)C1. The van der Waals surface area contributed by atoms with Crippen molar-refractivity contribution in [2.75, 3.05) is 20.2 Å². The van der Waals surface area contributed by atoms with Crippen molar-refractivity contribution < 1.29 is 14.6 Å². The average molecular weight is 292 g/mol. The molecule has 0 amide bonds. The number of methoxy groups -OCH3 is 1. The maximum Gasteiger partial charge on any atom is 0.310 e. The number of hydrogen-bond donors (Lipinski definition) is 1. The van der Waals surface area contributed by atoms with Crippen LogP contribution in [0.4, 0.5) is 0 Å². The van der Waals surface area contributed by atoms with E-state index in [4.69, 9.17) is 4.74 Å². The van der Waals surface area contributed by atoms with Crippen molar-refractivity contribution in [2.45, 2.75) is 39.7 Å². The first kappa shape index (κ1) is 15.8. The molecule has 1 unspecified atom stereocenters. The quantitative estimate of drug-likeness (QED) is 0.872. The van der Waals surface area contributed by atoms with Gasteiger partial charge in [-0.25, -0.2) is 0 Å². The van der Waals surface area contributed by atoms with Crippen molar-refractivity contribution in [3.05, 3.63) is 23.5 Å². The second kappa shape index (κ2) is 6.43. The highest BCUT2D eigenvalue weighted by Gasteiger charge is 2.43. The smallest absolute Gasteiger partial charge is 0.310 e. The van der Waals surface area contributed by atoms with E-state index >= 15 is 0 Å². The molecule has 0 aromatic carbocycles. The summed E-state index contributed by atoms with van der Waals surface area (Å²) in [5.41, 5.74) is 1.27. The first-order valence-electron chi connectivity index (χ1n) is 7.46. The summed E-state index contributed by atoms with van der Waals surface area (Å²) in [5.74, 6) is 0.136. The molecule has 1 aliphatic rings. The third kappa shape index (κ3) is 3.53. The lowest BCUT2D eigenvalue weighted by atomic mass is 9.83. The lowest BCUT2D eigenvalue weighted by molar-refractivity contribution is -0.148. The van der Waals surface area contributed by atoms with Crippen LogP contribution >= 0.6 is 0 Å². The molecule has 0 radical (unpaired) electrons. The number of aliphatic carboxylic acids is 1. The topological polar surface area (TPSA) is 62.7 Å². The zero-order valence-corrected chi connectivity index (χ0v) is 13.1. The molecule has 1 N–H and O–H groups in total. The van der Waals surface area contributed by atoms with Gasteiger partial charge in [0.05, 0.1) is 18.2 Å². The molecule has 116 valence electrons. The molecule has 21 heavy (non-hydrogen) atoms. The highest BCUT2D eigenvalue weighted by Crippen LogP contribution is 2.36. The van der Waals surface area contributed by atoms with E-state index in [1.807, 2.05) is 26.0 Å². The number of aromatic nitrogens is 1. The predicted molar refractivity (Wildman–Crippen MR) is 80.4 cm³/mol. The van der Waals surface area contributed by atoms with Gasteiger partial charge in [-0.1, -0.05) is 13.3 Å². The Balaban J connectivity index is 2.08. The number of carbonyl (C=O) groups is 1. The third-order valence-electron chi connectivity index (χ3n) is 4.22. The van der Waals surface area contributed by atoms with Gasteiger partial charge in [0.1, 0.15) is 5.75 Å². The Morgan fingerprint density at radius 3 is 2.90 bits per heavy atom. The lowest BCUT2D eigenvalue weighted by Crippen LogP contribution is -2.34. The molecule has 0 spiro atoms. The molecular formula is C16H24N2O3. The summed E-state index contributed by atoms with van der Waals surface area (Å²) in [4.78, 5) is 18.3. The number of ether oxygens (including phenoxy) is 1. The average Bonchev–Trinajstić information content (AvgIpc) is 2.83. The van der Waals surface area contributed by atoms with E-state index < -0.39 is 11.4 Å². The minimum atomic E-state index is -0.665. The van der Waals surface area contributed by atoms with Crippen molar-refractivity contribution in [3.8, 4) is 5.75 Å². The first-order valence-corrected chi connectivity index (χ1v) is 7.46. The zero-order valence-electron chi connectivity index (χ0n) is 13.1. The minimum Gasteiger partial charge on any atom is -0.497 e. The summed E-state index contributed by atoms with van der Waals surface area (Å²) >= 11 is 0. The Bertz CT molecular complexity index is 518. The van der Waals surface area contributed by atoms with Gasteiger partial charge in [-0.3, -0.25) is 14.7 Å². The van der Waals surface area contributed by atoms with Crippen molar-refractivity contribution >= 4 is 5.97 Å². The summed E-state index contributed by atoms with van der Waals surface area (Å²) in [7, 11) is 1.64. The molecule has 1 aromatic heterocycles. The fourth-order valence-corrected chi connectivity index (χ4v) is 3.19. The van der Waals surface area contributed by atoms with Gasteiger partial charge in [0.15, 0.2) is 0 Å². The fourth-order valence-electron chi connectivity index (χ4n) is 3.19. The van der Waals surface area contributed by atoms with Crippen LogP contribution in [0.1, 0.15) is 37.6 Å². The third-order valence-corrected chi connectivity index (χ3v) is 4.22. The Kier molecular flexibility index (Phi) is 4.83. The second-order valence-corrected chi connectivity index (χ2v) is 5.94. The molecular weight excluding hydrogens is 268 g/mol. The van der Waals surface area contributed by atoms with Crippen LogP contribution in [0, 0.1) is 12.3 Å². The molecule has 2 heterocycles. The molecule has 0 saturated carbocycles. The van der Waals surface area contributed by atoms with Gasteiger partial charge in [-0.15, -0.1) is 0 Å². The highest BCUT2D eigenvalue weighted by atomic mass is 16.5. The summed E-state index contributed by atoms with van der Waals surface area (Å²) in [6, 6.07) is 3.82. The molecule has 1 saturated heterocycles. The van der Waals surface area contributed by atoms with Gasteiger partial charge < -0.3 is 9.84 Å². The van der Waals surface area contributed by atoms with E-state index in [9.17, 15) is 9.90 Å². The van der Waals surface area contributed by atoms with E-state index in [0.717, 1.165) is 42.9 Å². The van der Waals surface area contributed by atoms with Crippen molar-refractivity contribution in [1.82, 2.24) is 9.88 Å². The zero-order chi connectivity index (χ0) is 15.5. The molecule has 1 atom stereocenters. The normalized spacial score (nSPS) is 22.4. The summed E-state index contributed by atoms with van der Waals surface area (Å²) in [6.07, 6.45) is 2.36. The lowest BCUT2D eigenvalue weighted by Gasteiger charge is -2.24. The highest BCUT2D eigenvalue weighted by molar-refractivity contribution is 5.75. The Morgan fingerprint density at radius 2 is 2.29 bits per heavy atom. The van der Waals surface area contributed by atoms with Crippen LogP contribution < -0.4 is 4.74 Å². The largest absolute Gasteiger partial charge is 0.497 e. The Morgan fingerprint density at radius 1 is 1.52 bits per heavy atom.